The van der Waals surface area contributed by atoms with Crippen molar-refractivity contribution in [2.45, 2.75) is 51.2 Å². The van der Waals surface area contributed by atoms with Crippen LogP contribution < -0.4 is 4.74 Å². The van der Waals surface area contributed by atoms with Crippen molar-refractivity contribution in [1.82, 2.24) is 4.90 Å². The highest BCUT2D eigenvalue weighted by Crippen LogP contribution is 2.48. The Bertz CT molecular complexity index is 644. The fraction of sp³-hybridized carbons (Fsp3) is 0.579. The van der Waals surface area contributed by atoms with E-state index in [9.17, 15) is 9.59 Å². The van der Waals surface area contributed by atoms with Crippen molar-refractivity contribution in [2.75, 3.05) is 14.2 Å². The Morgan fingerprint density at radius 3 is 2.79 bits per heavy atom. The van der Waals surface area contributed by atoms with Gasteiger partial charge in [0.1, 0.15) is 11.2 Å². The SMILES string of the molecule is CC[C@]1(C(=O)OC)C(=O)C[C@H]2CC[C@@H]1N2Cc1cccc(OC)c1. The molecule has 0 N–H and O–H groups in total. The first-order valence-electron chi connectivity index (χ1n) is 8.57. The van der Waals surface area contributed by atoms with Gasteiger partial charge in [-0.25, -0.2) is 0 Å². The Morgan fingerprint density at radius 1 is 1.33 bits per heavy atom. The molecule has 2 aliphatic rings. The summed E-state index contributed by atoms with van der Waals surface area (Å²) in [5.74, 6) is 0.491. The maximum Gasteiger partial charge on any atom is 0.320 e. The number of piperidine rings is 1. The number of rotatable bonds is 5. The van der Waals surface area contributed by atoms with E-state index in [1.165, 1.54) is 7.11 Å². The first-order chi connectivity index (χ1) is 11.6. The highest BCUT2D eigenvalue weighted by atomic mass is 16.5. The Morgan fingerprint density at radius 2 is 2.12 bits per heavy atom. The summed E-state index contributed by atoms with van der Waals surface area (Å²) in [4.78, 5) is 27.6. The lowest BCUT2D eigenvalue weighted by molar-refractivity contribution is -0.167. The van der Waals surface area contributed by atoms with E-state index in [4.69, 9.17) is 9.47 Å². The number of ether oxygens (including phenoxy) is 2. The normalized spacial score (nSPS) is 29.5. The molecule has 1 aromatic carbocycles. The molecule has 3 rings (SSSR count). The van der Waals surface area contributed by atoms with Gasteiger partial charge in [0.2, 0.25) is 0 Å². The van der Waals surface area contributed by atoms with Gasteiger partial charge in [-0.15, -0.1) is 0 Å². The van der Waals surface area contributed by atoms with Crippen molar-refractivity contribution in [3.8, 4) is 5.75 Å². The number of methoxy groups -OCH3 is 2. The van der Waals surface area contributed by atoms with E-state index in [0.29, 0.717) is 12.8 Å². The molecular weight excluding hydrogens is 306 g/mol. The predicted octanol–water partition coefficient (Wildman–Crippen LogP) is 2.57. The van der Waals surface area contributed by atoms with Gasteiger partial charge < -0.3 is 9.47 Å². The van der Waals surface area contributed by atoms with E-state index < -0.39 is 5.41 Å². The zero-order valence-electron chi connectivity index (χ0n) is 14.6. The number of hydrogen-bond donors (Lipinski definition) is 0. The first-order valence-corrected chi connectivity index (χ1v) is 8.57. The average molecular weight is 331 g/mol. The van der Waals surface area contributed by atoms with E-state index in [2.05, 4.69) is 11.0 Å². The topological polar surface area (TPSA) is 55.8 Å². The summed E-state index contributed by atoms with van der Waals surface area (Å²) in [7, 11) is 3.03. The first kappa shape index (κ1) is 17.0. The lowest BCUT2D eigenvalue weighted by atomic mass is 9.70. The van der Waals surface area contributed by atoms with Crippen molar-refractivity contribution in [2.24, 2.45) is 5.41 Å². The number of carbonyl (C=O) groups excluding carboxylic acids is 2. The molecule has 2 aliphatic heterocycles. The summed E-state index contributed by atoms with van der Waals surface area (Å²) >= 11 is 0. The number of benzene rings is 1. The molecule has 0 aliphatic carbocycles. The molecule has 2 bridgehead atoms. The number of fused-ring (bicyclic) bond motifs is 2. The summed E-state index contributed by atoms with van der Waals surface area (Å²) in [6.45, 7) is 2.63. The second kappa shape index (κ2) is 6.55. The van der Waals surface area contributed by atoms with Gasteiger partial charge in [0.05, 0.1) is 14.2 Å². The lowest BCUT2D eigenvalue weighted by Crippen LogP contribution is -2.59. The second-order valence-electron chi connectivity index (χ2n) is 6.71. The molecule has 5 heteroatoms. The number of ketones is 1. The molecule has 2 fully saturated rings. The molecule has 2 heterocycles. The molecule has 0 radical (unpaired) electrons. The van der Waals surface area contributed by atoms with Crippen molar-refractivity contribution >= 4 is 11.8 Å². The van der Waals surface area contributed by atoms with Crippen LogP contribution >= 0.6 is 0 Å². The van der Waals surface area contributed by atoms with Gasteiger partial charge in [0, 0.05) is 25.0 Å². The monoisotopic (exact) mass is 331 g/mol. The van der Waals surface area contributed by atoms with E-state index in [1.54, 1.807) is 7.11 Å². The number of Topliss-reactive ketones (excluding diaryl/α,β-unsaturated/α-hetero) is 1. The second-order valence-corrected chi connectivity index (χ2v) is 6.71. The summed E-state index contributed by atoms with van der Waals surface area (Å²) in [5.41, 5.74) is 0.121. The third-order valence-electron chi connectivity index (χ3n) is 5.74. The minimum absolute atomic E-state index is 0.0474. The molecule has 3 atom stereocenters. The smallest absolute Gasteiger partial charge is 0.320 e. The molecule has 0 aromatic heterocycles. The summed E-state index contributed by atoms with van der Waals surface area (Å²) in [6.07, 6.45) is 2.75. The Hall–Kier alpha value is -1.88. The fourth-order valence-corrected chi connectivity index (χ4v) is 4.50. The summed E-state index contributed by atoms with van der Waals surface area (Å²) in [5, 5.41) is 0. The average Bonchev–Trinajstić information content (AvgIpc) is 2.91. The van der Waals surface area contributed by atoms with Gasteiger partial charge in [0.15, 0.2) is 5.78 Å². The van der Waals surface area contributed by atoms with Crippen LogP contribution in [0.1, 0.15) is 38.2 Å². The highest BCUT2D eigenvalue weighted by Gasteiger charge is 2.60. The third kappa shape index (κ3) is 2.51. The van der Waals surface area contributed by atoms with E-state index in [-0.39, 0.29) is 23.8 Å². The molecule has 24 heavy (non-hydrogen) atoms. The van der Waals surface area contributed by atoms with Crippen molar-refractivity contribution < 1.29 is 19.1 Å². The van der Waals surface area contributed by atoms with Crippen molar-refractivity contribution in [1.29, 1.82) is 0 Å². The maximum atomic E-state index is 12.8. The molecule has 2 saturated heterocycles. The van der Waals surface area contributed by atoms with Crippen LogP contribution in [0.5, 0.6) is 5.75 Å². The summed E-state index contributed by atoms with van der Waals surface area (Å²) in [6, 6.07) is 8.11. The van der Waals surface area contributed by atoms with Gasteiger partial charge in [-0.2, -0.15) is 0 Å². The number of nitrogens with zero attached hydrogens (tertiary/aromatic N) is 1. The van der Waals surface area contributed by atoms with E-state index in [0.717, 1.165) is 30.7 Å². The van der Waals surface area contributed by atoms with E-state index >= 15 is 0 Å². The van der Waals surface area contributed by atoms with Crippen molar-refractivity contribution in [3.63, 3.8) is 0 Å². The van der Waals surface area contributed by atoms with Crippen molar-refractivity contribution in [3.05, 3.63) is 29.8 Å². The zero-order chi connectivity index (χ0) is 17.3. The van der Waals surface area contributed by atoms with E-state index in [1.807, 2.05) is 25.1 Å². The van der Waals surface area contributed by atoms with Crippen LogP contribution in [0.25, 0.3) is 0 Å². The lowest BCUT2D eigenvalue weighted by Gasteiger charge is -2.45. The molecule has 0 unspecified atom stereocenters. The Labute approximate surface area is 142 Å². The summed E-state index contributed by atoms with van der Waals surface area (Å²) < 4.78 is 10.3. The molecule has 1 aromatic rings. The number of esters is 1. The van der Waals surface area contributed by atoms with Crippen LogP contribution in [-0.4, -0.2) is 43.0 Å². The molecule has 0 amide bonds. The minimum Gasteiger partial charge on any atom is -0.497 e. The van der Waals surface area contributed by atoms with Gasteiger partial charge in [-0.1, -0.05) is 19.1 Å². The van der Waals surface area contributed by atoms with Crippen LogP contribution in [0, 0.1) is 5.41 Å². The van der Waals surface area contributed by atoms with Crippen LogP contribution in [0.4, 0.5) is 0 Å². The highest BCUT2D eigenvalue weighted by molar-refractivity contribution is 6.05. The molecule has 0 spiro atoms. The minimum atomic E-state index is -1.01. The van der Waals surface area contributed by atoms with Gasteiger partial charge in [0.25, 0.3) is 0 Å². The quantitative estimate of drug-likeness (QED) is 0.613. The van der Waals surface area contributed by atoms with Crippen LogP contribution in [-0.2, 0) is 20.9 Å². The Balaban J connectivity index is 1.92. The zero-order valence-corrected chi connectivity index (χ0v) is 14.6. The molecule has 0 saturated carbocycles. The third-order valence-corrected chi connectivity index (χ3v) is 5.74. The van der Waals surface area contributed by atoms with Gasteiger partial charge >= 0.3 is 5.97 Å². The van der Waals surface area contributed by atoms with Crippen LogP contribution in [0.3, 0.4) is 0 Å². The largest absolute Gasteiger partial charge is 0.497 e. The number of carbonyl (C=O) groups is 2. The van der Waals surface area contributed by atoms with Gasteiger partial charge in [-0.3, -0.25) is 14.5 Å². The number of hydrogen-bond acceptors (Lipinski definition) is 5. The predicted molar refractivity (Wildman–Crippen MR) is 89.7 cm³/mol. The van der Waals surface area contributed by atoms with Crippen LogP contribution in [0.15, 0.2) is 24.3 Å². The molecule has 130 valence electrons. The maximum absolute atomic E-state index is 12.8. The standard InChI is InChI=1S/C19H25NO4/c1-4-19(18(22)24-3)16-9-8-14(11-17(19)21)20(16)12-13-6-5-7-15(10-13)23-2/h5-7,10,14,16H,4,8-9,11-12H2,1-3H3/t14-,16+,19-/m1/s1. The Kier molecular flexibility index (Phi) is 4.63. The van der Waals surface area contributed by atoms with Gasteiger partial charge in [-0.05, 0) is 37.0 Å². The fourth-order valence-electron chi connectivity index (χ4n) is 4.50. The molecular formula is C19H25NO4. The molecule has 5 nitrogen and oxygen atoms in total. The van der Waals surface area contributed by atoms with Crippen LogP contribution in [0.2, 0.25) is 0 Å².